The van der Waals surface area contributed by atoms with Gasteiger partial charge in [0.1, 0.15) is 5.75 Å². The molecule has 37 heavy (non-hydrogen) atoms. The van der Waals surface area contributed by atoms with Gasteiger partial charge in [-0.25, -0.2) is 0 Å². The Morgan fingerprint density at radius 2 is 1.68 bits per heavy atom. The molecule has 2 amide bonds. The van der Waals surface area contributed by atoms with Crippen LogP contribution in [0.3, 0.4) is 0 Å². The first-order chi connectivity index (χ1) is 17.8. The van der Waals surface area contributed by atoms with Crippen LogP contribution >= 0.6 is 11.6 Å². The second-order valence-electron chi connectivity index (χ2n) is 9.16. The Morgan fingerprint density at radius 3 is 2.32 bits per heavy atom. The van der Waals surface area contributed by atoms with E-state index in [1.165, 1.54) is 6.92 Å². The zero-order valence-electron chi connectivity index (χ0n) is 20.8. The van der Waals surface area contributed by atoms with Crippen molar-refractivity contribution < 1.29 is 19.1 Å². The van der Waals surface area contributed by atoms with E-state index in [2.05, 4.69) is 5.32 Å². The standard InChI is InChI=1S/C29H30ClN3O4/c1-18-27(29(36)20-9-15-23(16-10-20)37-17-5-8-26(31)35)28(24-6-3-4-7-25(24)32-18)33(19(2)34)22-13-11-21(30)12-14-22/h3-4,6-7,9-16,18,27-28,32H,5,8,17H2,1-2H3,(H2,31,35)/t18-,27?,28-/m0/s1. The smallest absolute Gasteiger partial charge is 0.224 e. The highest BCUT2D eigenvalue weighted by atomic mass is 35.5. The van der Waals surface area contributed by atoms with E-state index < -0.39 is 12.0 Å². The minimum absolute atomic E-state index is 0.0833. The number of Topliss-reactive ketones (excluding diaryl/α,β-unsaturated/α-hetero) is 1. The summed E-state index contributed by atoms with van der Waals surface area (Å²) in [6.07, 6.45) is 0.778. The van der Waals surface area contributed by atoms with Crippen molar-refractivity contribution in [3.8, 4) is 5.75 Å². The Balaban J connectivity index is 1.67. The summed E-state index contributed by atoms with van der Waals surface area (Å²) < 4.78 is 5.67. The highest BCUT2D eigenvalue weighted by Crippen LogP contribution is 2.44. The molecule has 0 saturated heterocycles. The minimum atomic E-state index is -0.559. The number of hydrogen-bond acceptors (Lipinski definition) is 5. The van der Waals surface area contributed by atoms with Crippen molar-refractivity contribution in [1.29, 1.82) is 0 Å². The number of nitrogens with two attached hydrogens (primary N) is 1. The van der Waals surface area contributed by atoms with Crippen LogP contribution in [0.15, 0.2) is 72.8 Å². The summed E-state index contributed by atoms with van der Waals surface area (Å²) in [4.78, 5) is 39.7. The molecule has 0 spiro atoms. The van der Waals surface area contributed by atoms with Crippen LogP contribution in [0.5, 0.6) is 5.75 Å². The van der Waals surface area contributed by atoms with E-state index in [0.717, 1.165) is 11.3 Å². The van der Waals surface area contributed by atoms with Gasteiger partial charge >= 0.3 is 0 Å². The Morgan fingerprint density at radius 1 is 1.00 bits per heavy atom. The number of anilines is 2. The molecule has 0 bridgehead atoms. The Kier molecular flexibility index (Phi) is 8.14. The van der Waals surface area contributed by atoms with Gasteiger partial charge in [0.25, 0.3) is 0 Å². The maximum Gasteiger partial charge on any atom is 0.224 e. The molecule has 1 aliphatic rings. The second kappa shape index (κ2) is 11.5. The third kappa shape index (κ3) is 5.94. The first-order valence-corrected chi connectivity index (χ1v) is 12.6. The van der Waals surface area contributed by atoms with Gasteiger partial charge in [0.2, 0.25) is 11.8 Å². The Hall–Kier alpha value is -3.84. The number of carbonyl (C=O) groups is 3. The van der Waals surface area contributed by atoms with Crippen molar-refractivity contribution in [2.24, 2.45) is 11.7 Å². The van der Waals surface area contributed by atoms with Gasteiger partial charge in [0.05, 0.1) is 18.6 Å². The van der Waals surface area contributed by atoms with Crippen LogP contribution < -0.4 is 20.7 Å². The number of primary amides is 1. The second-order valence-corrected chi connectivity index (χ2v) is 9.60. The molecule has 4 rings (SSSR count). The van der Waals surface area contributed by atoms with Gasteiger partial charge in [-0.1, -0.05) is 29.8 Å². The highest BCUT2D eigenvalue weighted by Gasteiger charge is 2.43. The van der Waals surface area contributed by atoms with Crippen molar-refractivity contribution in [3.05, 3.63) is 88.9 Å². The average Bonchev–Trinajstić information content (AvgIpc) is 2.87. The van der Waals surface area contributed by atoms with Gasteiger partial charge in [-0.2, -0.15) is 0 Å². The van der Waals surface area contributed by atoms with Crippen LogP contribution in [0.1, 0.15) is 48.7 Å². The van der Waals surface area contributed by atoms with Crippen LogP contribution in [0.4, 0.5) is 11.4 Å². The van der Waals surface area contributed by atoms with Crippen molar-refractivity contribution in [3.63, 3.8) is 0 Å². The number of ketones is 1. The molecule has 192 valence electrons. The molecule has 0 fully saturated rings. The summed E-state index contributed by atoms with van der Waals surface area (Å²) in [7, 11) is 0. The molecule has 1 unspecified atom stereocenters. The molecule has 0 aromatic heterocycles. The Bertz CT molecular complexity index is 1280. The maximum atomic E-state index is 14.0. The number of fused-ring (bicyclic) bond motifs is 1. The highest BCUT2D eigenvalue weighted by molar-refractivity contribution is 6.30. The first kappa shape index (κ1) is 26.2. The number of para-hydroxylation sites is 1. The quantitative estimate of drug-likeness (QED) is 0.291. The van der Waals surface area contributed by atoms with E-state index >= 15 is 0 Å². The third-order valence-electron chi connectivity index (χ3n) is 6.54. The number of benzene rings is 3. The SMILES string of the molecule is CC(=O)N(c1ccc(Cl)cc1)[C@H]1c2ccccc2N[C@@H](C)C1C(=O)c1ccc(OCCCC(N)=O)cc1. The normalized spacial score (nSPS) is 18.3. The van der Waals surface area contributed by atoms with Gasteiger partial charge in [0.15, 0.2) is 5.78 Å². The van der Waals surface area contributed by atoms with E-state index in [0.29, 0.717) is 35.1 Å². The summed E-state index contributed by atoms with van der Waals surface area (Å²) in [5.41, 5.74) is 8.12. The summed E-state index contributed by atoms with van der Waals surface area (Å²) in [6, 6.07) is 21.0. The Labute approximate surface area is 221 Å². The molecule has 0 saturated carbocycles. The van der Waals surface area contributed by atoms with Crippen molar-refractivity contribution in [2.75, 3.05) is 16.8 Å². The molecule has 3 aromatic carbocycles. The molecule has 3 aromatic rings. The molecular weight excluding hydrogens is 490 g/mol. The number of halogens is 1. The van der Waals surface area contributed by atoms with E-state index in [1.54, 1.807) is 53.4 Å². The van der Waals surface area contributed by atoms with Gasteiger partial charge in [-0.3, -0.25) is 14.4 Å². The molecule has 1 aliphatic heterocycles. The summed E-state index contributed by atoms with van der Waals surface area (Å²) >= 11 is 6.11. The van der Waals surface area contributed by atoms with Gasteiger partial charge in [-0.15, -0.1) is 0 Å². The lowest BCUT2D eigenvalue weighted by molar-refractivity contribution is -0.118. The number of nitrogens with zero attached hydrogens (tertiary/aromatic N) is 1. The van der Waals surface area contributed by atoms with E-state index in [-0.39, 0.29) is 30.1 Å². The van der Waals surface area contributed by atoms with Gasteiger partial charge in [-0.05, 0) is 73.5 Å². The van der Waals surface area contributed by atoms with Crippen LogP contribution in [0, 0.1) is 5.92 Å². The fourth-order valence-corrected chi connectivity index (χ4v) is 4.97. The van der Waals surface area contributed by atoms with Gasteiger partial charge < -0.3 is 20.7 Å². The van der Waals surface area contributed by atoms with Crippen molar-refractivity contribution in [2.45, 2.75) is 38.8 Å². The lowest BCUT2D eigenvalue weighted by Gasteiger charge is -2.43. The third-order valence-corrected chi connectivity index (χ3v) is 6.79. The van der Waals surface area contributed by atoms with E-state index in [9.17, 15) is 14.4 Å². The summed E-state index contributed by atoms with van der Waals surface area (Å²) in [5, 5.41) is 4.02. The molecule has 0 aliphatic carbocycles. The number of nitrogens with one attached hydrogen (secondary N) is 1. The zero-order valence-corrected chi connectivity index (χ0v) is 21.6. The number of rotatable bonds is 9. The van der Waals surface area contributed by atoms with Crippen LogP contribution in [0.2, 0.25) is 5.02 Å². The van der Waals surface area contributed by atoms with Gasteiger partial charge in [0, 0.05) is 41.3 Å². The summed E-state index contributed by atoms with van der Waals surface area (Å²) in [6.45, 7) is 3.82. The van der Waals surface area contributed by atoms with Crippen molar-refractivity contribution in [1.82, 2.24) is 0 Å². The fraction of sp³-hybridized carbons (Fsp3) is 0.276. The predicted octanol–water partition coefficient (Wildman–Crippen LogP) is 5.39. The van der Waals surface area contributed by atoms with Crippen molar-refractivity contribution >= 4 is 40.6 Å². The first-order valence-electron chi connectivity index (χ1n) is 12.2. The molecule has 3 atom stereocenters. The fourth-order valence-electron chi connectivity index (χ4n) is 4.84. The maximum absolute atomic E-state index is 14.0. The molecule has 0 radical (unpaired) electrons. The molecular formula is C29H30ClN3O4. The van der Waals surface area contributed by atoms with E-state index in [1.807, 2.05) is 31.2 Å². The largest absolute Gasteiger partial charge is 0.494 e. The topological polar surface area (TPSA) is 102 Å². The minimum Gasteiger partial charge on any atom is -0.494 e. The van der Waals surface area contributed by atoms with Crippen LogP contribution in [-0.4, -0.2) is 30.2 Å². The van der Waals surface area contributed by atoms with Crippen LogP contribution in [0.25, 0.3) is 0 Å². The molecule has 8 heteroatoms. The predicted molar refractivity (Wildman–Crippen MR) is 145 cm³/mol. The summed E-state index contributed by atoms with van der Waals surface area (Å²) in [5.74, 6) is -0.580. The average molecular weight is 520 g/mol. The zero-order chi connectivity index (χ0) is 26.5. The van der Waals surface area contributed by atoms with E-state index in [4.69, 9.17) is 22.1 Å². The number of hydrogen-bond donors (Lipinski definition) is 2. The monoisotopic (exact) mass is 519 g/mol. The van der Waals surface area contributed by atoms with Crippen LogP contribution in [-0.2, 0) is 9.59 Å². The molecule has 3 N–H and O–H groups in total. The number of carbonyl (C=O) groups excluding carboxylic acids is 3. The number of amides is 2. The lowest BCUT2D eigenvalue weighted by Crippen LogP contribution is -2.49. The molecule has 7 nitrogen and oxygen atoms in total. The lowest BCUT2D eigenvalue weighted by atomic mass is 9.77. The number of ether oxygens (including phenoxy) is 1. The molecule has 1 heterocycles.